The number of aromatic nitrogens is 3. The van der Waals surface area contributed by atoms with Gasteiger partial charge in [0.2, 0.25) is 0 Å². The molecule has 0 spiro atoms. The number of halogens is 3. The van der Waals surface area contributed by atoms with Crippen LogP contribution in [0.5, 0.6) is 0 Å². The van der Waals surface area contributed by atoms with Crippen molar-refractivity contribution in [3.63, 3.8) is 0 Å². The molecule has 0 bridgehead atoms. The zero-order valence-corrected chi connectivity index (χ0v) is 16.0. The molecule has 154 valence electrons. The topological polar surface area (TPSA) is 102 Å². The first-order chi connectivity index (χ1) is 14.0. The van der Waals surface area contributed by atoms with E-state index in [1.165, 1.54) is 30.6 Å². The van der Waals surface area contributed by atoms with Crippen molar-refractivity contribution in [3.05, 3.63) is 75.2 Å². The van der Waals surface area contributed by atoms with E-state index in [1.54, 1.807) is 0 Å². The van der Waals surface area contributed by atoms with E-state index in [0.29, 0.717) is 16.0 Å². The van der Waals surface area contributed by atoms with Gasteiger partial charge in [0.25, 0.3) is 5.56 Å². The highest BCUT2D eigenvalue weighted by Crippen LogP contribution is 2.30. The summed E-state index contributed by atoms with van der Waals surface area (Å²) in [5.41, 5.74) is -3.03. The third-order valence-corrected chi connectivity index (χ3v) is 5.72. The molecule has 2 aromatic carbocycles. The standard InChI is InChI=1S/C19H12F3N3O4S/c1-30(28,29)12-4-2-10-8-23-9-16(13(10)7-12)25-17(26)14-6-11(19(20,21)22)3-5-15(14)24-18(25)27/h2-9H,1H3,(H,24,27). The molecule has 2 heterocycles. The number of hydrogen-bond donors (Lipinski definition) is 1. The van der Waals surface area contributed by atoms with Crippen molar-refractivity contribution < 1.29 is 21.6 Å². The zero-order chi connectivity index (χ0) is 21.8. The Balaban J connectivity index is 2.10. The second kappa shape index (κ2) is 6.52. The summed E-state index contributed by atoms with van der Waals surface area (Å²) in [6.45, 7) is 0. The number of rotatable bonds is 2. The van der Waals surface area contributed by atoms with Gasteiger partial charge in [0.15, 0.2) is 9.84 Å². The molecule has 0 aliphatic heterocycles. The van der Waals surface area contributed by atoms with Gasteiger partial charge in [-0.15, -0.1) is 0 Å². The molecule has 0 atom stereocenters. The van der Waals surface area contributed by atoms with Crippen molar-refractivity contribution in [2.24, 2.45) is 0 Å². The van der Waals surface area contributed by atoms with Crippen LogP contribution in [0.25, 0.3) is 27.4 Å². The molecule has 0 saturated heterocycles. The van der Waals surface area contributed by atoms with Crippen LogP contribution in [0.3, 0.4) is 0 Å². The van der Waals surface area contributed by atoms with E-state index >= 15 is 0 Å². The third kappa shape index (κ3) is 3.26. The highest BCUT2D eigenvalue weighted by molar-refractivity contribution is 7.90. The molecule has 30 heavy (non-hydrogen) atoms. The average Bonchev–Trinajstić information content (AvgIpc) is 2.66. The molecule has 7 nitrogen and oxygen atoms in total. The fraction of sp³-hybridized carbons (Fsp3) is 0.105. The summed E-state index contributed by atoms with van der Waals surface area (Å²) in [6.07, 6.45) is -1.09. The Morgan fingerprint density at radius 3 is 2.40 bits per heavy atom. The number of nitrogens with zero attached hydrogens (tertiary/aromatic N) is 2. The van der Waals surface area contributed by atoms with Crippen LogP contribution in [0.15, 0.2) is 63.3 Å². The van der Waals surface area contributed by atoms with Gasteiger partial charge in [-0.2, -0.15) is 13.2 Å². The van der Waals surface area contributed by atoms with Crippen LogP contribution in [0.4, 0.5) is 13.2 Å². The second-order valence-corrected chi connectivity index (χ2v) is 8.66. The molecule has 0 saturated carbocycles. The fourth-order valence-electron chi connectivity index (χ4n) is 3.15. The van der Waals surface area contributed by atoms with Crippen molar-refractivity contribution in [1.29, 1.82) is 0 Å². The number of H-pyrrole nitrogens is 1. The minimum atomic E-state index is -4.67. The number of pyridine rings is 1. The molecule has 0 unspecified atom stereocenters. The Labute approximate surface area is 166 Å². The molecule has 11 heteroatoms. The summed E-state index contributed by atoms with van der Waals surface area (Å²) in [5, 5.41) is 0.322. The predicted molar refractivity (Wildman–Crippen MR) is 104 cm³/mol. The summed E-state index contributed by atoms with van der Waals surface area (Å²) < 4.78 is 63.7. The maximum absolute atomic E-state index is 13.1. The number of aromatic amines is 1. The molecule has 4 aromatic rings. The predicted octanol–water partition coefficient (Wildman–Crippen LogP) is 2.65. The van der Waals surface area contributed by atoms with E-state index in [4.69, 9.17) is 0 Å². The highest BCUT2D eigenvalue weighted by atomic mass is 32.2. The lowest BCUT2D eigenvalue weighted by Crippen LogP contribution is -2.34. The van der Waals surface area contributed by atoms with Gasteiger partial charge in [0, 0.05) is 23.2 Å². The minimum absolute atomic E-state index is 0.0490. The molecular formula is C19H12F3N3O4S. The lowest BCUT2D eigenvalue weighted by Gasteiger charge is -2.11. The first-order valence-corrected chi connectivity index (χ1v) is 10.3. The quantitative estimate of drug-likeness (QED) is 0.522. The Hall–Kier alpha value is -3.47. The lowest BCUT2D eigenvalue weighted by atomic mass is 10.1. The third-order valence-electron chi connectivity index (χ3n) is 4.61. The molecule has 0 radical (unpaired) electrons. The van der Waals surface area contributed by atoms with E-state index in [1.807, 2.05) is 0 Å². The molecular weight excluding hydrogens is 423 g/mol. The van der Waals surface area contributed by atoms with Gasteiger partial charge in [-0.3, -0.25) is 9.78 Å². The number of fused-ring (bicyclic) bond motifs is 2. The summed E-state index contributed by atoms with van der Waals surface area (Å²) in [5.74, 6) is 0. The summed E-state index contributed by atoms with van der Waals surface area (Å²) in [6, 6.07) is 6.53. The van der Waals surface area contributed by atoms with Crippen molar-refractivity contribution in [3.8, 4) is 5.69 Å². The molecule has 1 N–H and O–H groups in total. The van der Waals surface area contributed by atoms with Crippen molar-refractivity contribution in [1.82, 2.24) is 14.5 Å². The van der Waals surface area contributed by atoms with Crippen molar-refractivity contribution >= 4 is 31.5 Å². The van der Waals surface area contributed by atoms with Crippen LogP contribution in [0.2, 0.25) is 0 Å². The van der Waals surface area contributed by atoms with Gasteiger partial charge in [-0.25, -0.2) is 17.8 Å². The average molecular weight is 435 g/mol. The highest BCUT2D eigenvalue weighted by Gasteiger charge is 2.31. The molecule has 2 aromatic heterocycles. The maximum atomic E-state index is 13.1. The van der Waals surface area contributed by atoms with Gasteiger partial charge < -0.3 is 4.98 Å². The van der Waals surface area contributed by atoms with E-state index in [2.05, 4.69) is 9.97 Å². The van der Waals surface area contributed by atoms with Gasteiger partial charge in [-0.1, -0.05) is 6.07 Å². The van der Waals surface area contributed by atoms with Crippen LogP contribution >= 0.6 is 0 Å². The van der Waals surface area contributed by atoms with E-state index < -0.39 is 32.8 Å². The second-order valence-electron chi connectivity index (χ2n) is 6.64. The van der Waals surface area contributed by atoms with Crippen LogP contribution < -0.4 is 11.2 Å². The summed E-state index contributed by atoms with van der Waals surface area (Å²) in [4.78, 5) is 31.9. The first-order valence-electron chi connectivity index (χ1n) is 8.41. The minimum Gasteiger partial charge on any atom is -0.306 e. The van der Waals surface area contributed by atoms with Gasteiger partial charge in [-0.05, 0) is 30.3 Å². The van der Waals surface area contributed by atoms with E-state index in [9.17, 15) is 31.2 Å². The van der Waals surface area contributed by atoms with Crippen LogP contribution in [0, 0.1) is 0 Å². The number of hydrogen-bond acceptors (Lipinski definition) is 5. The fourth-order valence-corrected chi connectivity index (χ4v) is 3.79. The Morgan fingerprint density at radius 1 is 1.00 bits per heavy atom. The largest absolute Gasteiger partial charge is 0.416 e. The number of benzene rings is 2. The number of sulfone groups is 1. The number of nitrogens with one attached hydrogen (secondary N) is 1. The van der Waals surface area contributed by atoms with Gasteiger partial charge >= 0.3 is 11.9 Å². The van der Waals surface area contributed by atoms with Crippen molar-refractivity contribution in [2.45, 2.75) is 11.1 Å². The SMILES string of the molecule is CS(=O)(=O)c1ccc2cncc(-n3c(=O)[nH]c4ccc(C(F)(F)F)cc4c3=O)c2c1. The molecule has 4 rings (SSSR count). The number of alkyl halides is 3. The van der Waals surface area contributed by atoms with Gasteiger partial charge in [0.05, 0.1) is 33.2 Å². The van der Waals surface area contributed by atoms with Crippen LogP contribution in [0.1, 0.15) is 5.56 Å². The Morgan fingerprint density at radius 2 is 1.73 bits per heavy atom. The Bertz CT molecular complexity index is 1550. The van der Waals surface area contributed by atoms with Crippen LogP contribution in [-0.2, 0) is 16.0 Å². The molecule has 0 amide bonds. The molecule has 0 aliphatic rings. The molecule has 0 aliphatic carbocycles. The van der Waals surface area contributed by atoms with E-state index in [-0.39, 0.29) is 26.9 Å². The van der Waals surface area contributed by atoms with Crippen molar-refractivity contribution in [2.75, 3.05) is 6.26 Å². The first kappa shape index (κ1) is 19.8. The molecule has 0 fully saturated rings. The zero-order valence-electron chi connectivity index (χ0n) is 15.2. The maximum Gasteiger partial charge on any atom is 0.416 e. The normalized spacial score (nSPS) is 12.5. The monoisotopic (exact) mass is 435 g/mol. The Kier molecular flexibility index (Phi) is 4.31. The summed E-state index contributed by atoms with van der Waals surface area (Å²) >= 11 is 0. The summed E-state index contributed by atoms with van der Waals surface area (Å²) in [7, 11) is -3.59. The lowest BCUT2D eigenvalue weighted by molar-refractivity contribution is -0.137. The van der Waals surface area contributed by atoms with Crippen LogP contribution in [-0.4, -0.2) is 29.2 Å². The smallest absolute Gasteiger partial charge is 0.306 e. The van der Waals surface area contributed by atoms with Gasteiger partial charge in [0.1, 0.15) is 0 Å². The van der Waals surface area contributed by atoms with E-state index in [0.717, 1.165) is 18.4 Å².